The number of rotatable bonds is 5. The number of aryl methyl sites for hydroxylation is 1. The van der Waals surface area contributed by atoms with E-state index in [9.17, 15) is 9.59 Å². The lowest BCUT2D eigenvalue weighted by Crippen LogP contribution is -2.52. The minimum atomic E-state index is -0.389. The number of carbonyl (C=O) groups excluding carboxylic acids is 2. The van der Waals surface area contributed by atoms with Gasteiger partial charge in [0.1, 0.15) is 18.2 Å². The van der Waals surface area contributed by atoms with Crippen LogP contribution >= 0.6 is 0 Å². The monoisotopic (exact) mass is 428 g/mol. The van der Waals surface area contributed by atoms with Gasteiger partial charge in [-0.1, -0.05) is 6.07 Å². The number of urea groups is 1. The number of nitrogens with zero attached hydrogens (tertiary/aromatic N) is 4. The third-order valence-electron chi connectivity index (χ3n) is 6.24. The molecule has 1 aromatic carbocycles. The Morgan fingerprint density at radius 2 is 2.10 bits per heavy atom. The Morgan fingerprint density at radius 3 is 2.81 bits per heavy atom. The van der Waals surface area contributed by atoms with Crippen molar-refractivity contribution in [3.63, 3.8) is 0 Å². The molecule has 2 saturated heterocycles. The van der Waals surface area contributed by atoms with Crippen molar-refractivity contribution in [1.82, 2.24) is 25.0 Å². The number of fused-ring (bicyclic) bond motifs is 1. The summed E-state index contributed by atoms with van der Waals surface area (Å²) in [6.07, 6.45) is 0.688. The molecule has 2 fully saturated rings. The molecule has 2 aliphatic heterocycles. The van der Waals surface area contributed by atoms with Gasteiger partial charge in [-0.15, -0.1) is 0 Å². The summed E-state index contributed by atoms with van der Waals surface area (Å²) in [6, 6.07) is 7.06. The number of methoxy groups -OCH3 is 2. The van der Waals surface area contributed by atoms with E-state index in [1.807, 2.05) is 30.0 Å². The standard InChI is InChI=1S/C21H28N6O4/c1-14-22-19(25-24-14)21-7-8-26(18(28)12-30-2)10-15(21)11-27(13-21)20(29)23-16-5-4-6-17(9-16)31-3/h4-6,9,15H,7-8,10-13H2,1-3H3,(H,23,29)(H,22,24,25)/t15-,21-/m1/s1. The van der Waals surface area contributed by atoms with Crippen LogP contribution in [0, 0.1) is 12.8 Å². The predicted octanol–water partition coefficient (Wildman–Crippen LogP) is 1.40. The molecule has 2 aromatic rings. The van der Waals surface area contributed by atoms with Gasteiger partial charge >= 0.3 is 6.03 Å². The van der Waals surface area contributed by atoms with Crippen LogP contribution < -0.4 is 10.1 Å². The van der Waals surface area contributed by atoms with E-state index in [4.69, 9.17) is 9.47 Å². The van der Waals surface area contributed by atoms with Crippen LogP contribution in [0.25, 0.3) is 0 Å². The second kappa shape index (κ2) is 8.54. The average molecular weight is 428 g/mol. The molecule has 3 heterocycles. The Morgan fingerprint density at radius 1 is 1.29 bits per heavy atom. The predicted molar refractivity (Wildman–Crippen MR) is 113 cm³/mol. The Bertz CT molecular complexity index is 963. The fourth-order valence-corrected chi connectivity index (χ4v) is 4.61. The number of hydrogen-bond acceptors (Lipinski definition) is 6. The number of amides is 3. The zero-order valence-electron chi connectivity index (χ0n) is 18.1. The van der Waals surface area contributed by atoms with Crippen molar-refractivity contribution in [3.05, 3.63) is 35.9 Å². The quantitative estimate of drug-likeness (QED) is 0.745. The van der Waals surface area contributed by atoms with Crippen molar-refractivity contribution in [2.75, 3.05) is 52.3 Å². The van der Waals surface area contributed by atoms with E-state index in [1.165, 1.54) is 7.11 Å². The number of H-pyrrole nitrogens is 1. The second-order valence-electron chi connectivity index (χ2n) is 8.16. The number of likely N-dealkylation sites (tertiary alicyclic amines) is 2. The number of aromatic nitrogens is 3. The van der Waals surface area contributed by atoms with Crippen LogP contribution in [-0.2, 0) is 14.9 Å². The second-order valence-corrected chi connectivity index (χ2v) is 8.16. The van der Waals surface area contributed by atoms with E-state index in [0.717, 1.165) is 5.82 Å². The summed E-state index contributed by atoms with van der Waals surface area (Å²) in [4.78, 5) is 33.7. The largest absolute Gasteiger partial charge is 0.497 e. The Labute approximate surface area is 180 Å². The molecule has 2 N–H and O–H groups in total. The molecular formula is C21H28N6O4. The molecule has 166 valence electrons. The van der Waals surface area contributed by atoms with E-state index in [1.54, 1.807) is 18.1 Å². The van der Waals surface area contributed by atoms with Crippen LogP contribution in [-0.4, -0.2) is 83.9 Å². The summed E-state index contributed by atoms with van der Waals surface area (Å²) in [5.41, 5.74) is 0.277. The van der Waals surface area contributed by atoms with Crippen LogP contribution in [0.5, 0.6) is 5.75 Å². The number of hydrogen-bond donors (Lipinski definition) is 2. The molecule has 0 spiro atoms. The molecule has 3 amide bonds. The lowest BCUT2D eigenvalue weighted by Gasteiger charge is -2.41. The lowest BCUT2D eigenvalue weighted by molar-refractivity contribution is -0.137. The molecule has 1 aromatic heterocycles. The zero-order valence-corrected chi connectivity index (χ0v) is 18.1. The molecular weight excluding hydrogens is 400 g/mol. The molecule has 2 aliphatic rings. The normalized spacial score (nSPS) is 22.9. The molecule has 0 saturated carbocycles. The first-order valence-electron chi connectivity index (χ1n) is 10.3. The Hall–Kier alpha value is -3.14. The van der Waals surface area contributed by atoms with Gasteiger partial charge in [0.15, 0.2) is 5.82 Å². The minimum absolute atomic E-state index is 0.0355. The number of carbonyl (C=O) groups is 2. The topological polar surface area (TPSA) is 113 Å². The molecule has 0 bridgehead atoms. The van der Waals surface area contributed by atoms with Gasteiger partial charge in [-0.2, -0.15) is 5.10 Å². The first kappa shape index (κ1) is 21.1. The van der Waals surface area contributed by atoms with Crippen molar-refractivity contribution in [2.24, 2.45) is 5.92 Å². The third kappa shape index (κ3) is 4.07. The number of anilines is 1. The first-order valence-corrected chi connectivity index (χ1v) is 10.3. The summed E-state index contributed by atoms with van der Waals surface area (Å²) in [7, 11) is 3.11. The minimum Gasteiger partial charge on any atom is -0.497 e. The van der Waals surface area contributed by atoms with Gasteiger partial charge in [0.25, 0.3) is 0 Å². The Balaban J connectivity index is 1.55. The molecule has 0 unspecified atom stereocenters. The van der Waals surface area contributed by atoms with Crippen molar-refractivity contribution in [2.45, 2.75) is 18.8 Å². The maximum absolute atomic E-state index is 13.1. The molecule has 10 heteroatoms. The van der Waals surface area contributed by atoms with Gasteiger partial charge in [0.05, 0.1) is 12.5 Å². The Kier molecular flexibility index (Phi) is 5.81. The van der Waals surface area contributed by atoms with Crippen molar-refractivity contribution >= 4 is 17.6 Å². The van der Waals surface area contributed by atoms with Gasteiger partial charge in [-0.25, -0.2) is 9.78 Å². The van der Waals surface area contributed by atoms with Gasteiger partial charge in [0.2, 0.25) is 5.91 Å². The highest BCUT2D eigenvalue weighted by molar-refractivity contribution is 5.90. The van der Waals surface area contributed by atoms with E-state index in [2.05, 4.69) is 20.5 Å². The van der Waals surface area contributed by atoms with E-state index < -0.39 is 0 Å². The van der Waals surface area contributed by atoms with Crippen molar-refractivity contribution in [3.8, 4) is 5.75 Å². The lowest BCUT2D eigenvalue weighted by atomic mass is 9.72. The summed E-state index contributed by atoms with van der Waals surface area (Å²) >= 11 is 0. The molecule has 31 heavy (non-hydrogen) atoms. The van der Waals surface area contributed by atoms with Crippen molar-refractivity contribution in [1.29, 1.82) is 0 Å². The molecule has 0 radical (unpaired) electrons. The number of ether oxygens (including phenoxy) is 2. The van der Waals surface area contributed by atoms with Gasteiger partial charge < -0.3 is 24.6 Å². The molecule has 10 nitrogen and oxygen atoms in total. The average Bonchev–Trinajstić information content (AvgIpc) is 3.38. The first-order chi connectivity index (χ1) is 14.9. The maximum Gasteiger partial charge on any atom is 0.321 e. The summed E-state index contributed by atoms with van der Waals surface area (Å²) in [5.74, 6) is 2.12. The van der Waals surface area contributed by atoms with Crippen LogP contribution in [0.1, 0.15) is 18.1 Å². The van der Waals surface area contributed by atoms with Crippen LogP contribution in [0.4, 0.5) is 10.5 Å². The third-order valence-corrected chi connectivity index (χ3v) is 6.24. The summed E-state index contributed by atoms with van der Waals surface area (Å²) < 4.78 is 10.3. The molecule has 4 rings (SSSR count). The fourth-order valence-electron chi connectivity index (χ4n) is 4.61. The molecule has 2 atom stereocenters. The molecule has 0 aliphatic carbocycles. The van der Waals surface area contributed by atoms with Gasteiger partial charge in [0, 0.05) is 51.0 Å². The summed E-state index contributed by atoms with van der Waals surface area (Å²) in [6.45, 7) is 4.05. The van der Waals surface area contributed by atoms with Crippen LogP contribution in [0.2, 0.25) is 0 Å². The fraction of sp³-hybridized carbons (Fsp3) is 0.524. The highest BCUT2D eigenvalue weighted by Crippen LogP contribution is 2.44. The number of aromatic amines is 1. The van der Waals surface area contributed by atoms with Gasteiger partial charge in [-0.3, -0.25) is 9.89 Å². The van der Waals surface area contributed by atoms with Crippen LogP contribution in [0.3, 0.4) is 0 Å². The smallest absolute Gasteiger partial charge is 0.321 e. The van der Waals surface area contributed by atoms with Crippen molar-refractivity contribution < 1.29 is 19.1 Å². The maximum atomic E-state index is 13.1. The zero-order chi connectivity index (χ0) is 22.0. The number of piperidine rings is 1. The van der Waals surface area contributed by atoms with E-state index in [-0.39, 0.29) is 29.9 Å². The van der Waals surface area contributed by atoms with Gasteiger partial charge in [-0.05, 0) is 25.5 Å². The highest BCUT2D eigenvalue weighted by Gasteiger charge is 2.54. The highest BCUT2D eigenvalue weighted by atomic mass is 16.5. The number of benzene rings is 1. The van der Waals surface area contributed by atoms with E-state index >= 15 is 0 Å². The SMILES string of the molecule is COCC(=O)N1CC[C@@]2(c3n[nH]c(C)n3)CN(C(=O)Nc3cccc(OC)c3)C[C@H]2C1. The van der Waals surface area contributed by atoms with Crippen LogP contribution in [0.15, 0.2) is 24.3 Å². The van der Waals surface area contributed by atoms with E-state index in [0.29, 0.717) is 49.9 Å². The number of nitrogens with one attached hydrogen (secondary N) is 2. The summed E-state index contributed by atoms with van der Waals surface area (Å²) in [5, 5.41) is 10.3.